The number of rotatable bonds is 5. The van der Waals surface area contributed by atoms with Crippen LogP contribution in [-0.4, -0.2) is 49.1 Å². The summed E-state index contributed by atoms with van der Waals surface area (Å²) >= 11 is 0. The summed E-state index contributed by atoms with van der Waals surface area (Å²) in [6, 6.07) is 19.1. The molecule has 7 heteroatoms. The second-order valence-electron chi connectivity index (χ2n) is 7.04. The second kappa shape index (κ2) is 9.18. The van der Waals surface area contributed by atoms with Crippen LogP contribution < -0.4 is 9.64 Å². The summed E-state index contributed by atoms with van der Waals surface area (Å²) in [5, 5.41) is 9.49. The van der Waals surface area contributed by atoms with E-state index in [-0.39, 0.29) is 11.6 Å². The largest absolute Gasteiger partial charge is 0.496 e. The van der Waals surface area contributed by atoms with Crippen LogP contribution in [0.15, 0.2) is 59.0 Å². The minimum atomic E-state index is -0.0679. The molecular weight excluding hydrogens is 392 g/mol. The molecule has 0 N–H and O–H groups in total. The SMILES string of the molecule is COc1ccccc1C(=O)N1CCN(c2oc(/C=C/c3ccccc3)nc2C#N)CC1. The maximum atomic E-state index is 12.9. The molecule has 1 aliphatic heterocycles. The number of hydrogen-bond donors (Lipinski definition) is 0. The van der Waals surface area contributed by atoms with Gasteiger partial charge in [0.05, 0.1) is 12.7 Å². The topological polar surface area (TPSA) is 82.6 Å². The molecule has 0 spiro atoms. The van der Waals surface area contributed by atoms with E-state index in [1.165, 1.54) is 0 Å². The van der Waals surface area contributed by atoms with E-state index in [0.29, 0.717) is 49.3 Å². The average molecular weight is 414 g/mol. The molecule has 31 heavy (non-hydrogen) atoms. The molecule has 7 nitrogen and oxygen atoms in total. The number of oxazole rings is 1. The van der Waals surface area contributed by atoms with Crippen molar-refractivity contribution in [2.45, 2.75) is 0 Å². The van der Waals surface area contributed by atoms with Crippen LogP contribution in [0.25, 0.3) is 12.2 Å². The molecule has 2 aromatic carbocycles. The van der Waals surface area contributed by atoms with Crippen LogP contribution in [0.5, 0.6) is 5.75 Å². The maximum absolute atomic E-state index is 12.9. The lowest BCUT2D eigenvalue weighted by Crippen LogP contribution is -2.49. The van der Waals surface area contributed by atoms with Crippen molar-refractivity contribution < 1.29 is 13.9 Å². The average Bonchev–Trinajstić information content (AvgIpc) is 3.26. The van der Waals surface area contributed by atoms with Crippen LogP contribution in [-0.2, 0) is 0 Å². The summed E-state index contributed by atoms with van der Waals surface area (Å²) in [6.45, 7) is 2.12. The molecule has 2 heterocycles. The van der Waals surface area contributed by atoms with Gasteiger partial charge >= 0.3 is 0 Å². The van der Waals surface area contributed by atoms with E-state index in [4.69, 9.17) is 9.15 Å². The number of nitrogens with zero attached hydrogens (tertiary/aromatic N) is 4. The molecule has 1 aromatic heterocycles. The minimum Gasteiger partial charge on any atom is -0.496 e. The number of amides is 1. The van der Waals surface area contributed by atoms with Crippen LogP contribution >= 0.6 is 0 Å². The van der Waals surface area contributed by atoms with Crippen molar-refractivity contribution in [2.24, 2.45) is 0 Å². The smallest absolute Gasteiger partial charge is 0.257 e. The predicted molar refractivity (Wildman–Crippen MR) is 118 cm³/mol. The van der Waals surface area contributed by atoms with Crippen LogP contribution in [0.4, 0.5) is 5.88 Å². The third-order valence-corrected chi connectivity index (χ3v) is 5.14. The van der Waals surface area contributed by atoms with Gasteiger partial charge in [-0.2, -0.15) is 10.2 Å². The van der Waals surface area contributed by atoms with Crippen LogP contribution in [0.1, 0.15) is 27.5 Å². The fraction of sp³-hybridized carbons (Fsp3) is 0.208. The number of methoxy groups -OCH3 is 1. The number of carbonyl (C=O) groups is 1. The van der Waals surface area contributed by atoms with Gasteiger partial charge in [-0.25, -0.2) is 0 Å². The first-order valence-corrected chi connectivity index (χ1v) is 10.0. The number of benzene rings is 2. The highest BCUT2D eigenvalue weighted by atomic mass is 16.5. The van der Waals surface area contributed by atoms with Crippen molar-refractivity contribution in [1.82, 2.24) is 9.88 Å². The van der Waals surface area contributed by atoms with E-state index < -0.39 is 0 Å². The maximum Gasteiger partial charge on any atom is 0.257 e. The summed E-state index contributed by atoms with van der Waals surface area (Å²) in [6.07, 6.45) is 3.64. The zero-order chi connectivity index (χ0) is 21.6. The van der Waals surface area contributed by atoms with E-state index in [2.05, 4.69) is 11.1 Å². The standard InChI is InChI=1S/C24H22N4O3/c1-30-21-10-6-5-9-19(21)23(29)27-13-15-28(16-14-27)24-20(17-25)26-22(31-24)12-11-18-7-3-2-4-8-18/h2-12H,13-16H2,1H3/b12-11+. The zero-order valence-corrected chi connectivity index (χ0v) is 17.2. The number of carbonyl (C=O) groups excluding carboxylic acids is 1. The molecule has 0 saturated carbocycles. The van der Waals surface area contributed by atoms with Crippen molar-refractivity contribution in [1.29, 1.82) is 5.26 Å². The molecule has 0 atom stereocenters. The fourth-order valence-electron chi connectivity index (χ4n) is 3.52. The summed E-state index contributed by atoms with van der Waals surface area (Å²) in [4.78, 5) is 20.9. The number of para-hydroxylation sites is 1. The van der Waals surface area contributed by atoms with E-state index in [1.807, 2.05) is 53.4 Å². The zero-order valence-electron chi connectivity index (χ0n) is 17.2. The van der Waals surface area contributed by atoms with Crippen LogP contribution in [0.2, 0.25) is 0 Å². The predicted octanol–water partition coefficient (Wildman–Crippen LogP) is 3.69. The Morgan fingerprint density at radius 2 is 1.77 bits per heavy atom. The molecule has 1 amide bonds. The van der Waals surface area contributed by atoms with Gasteiger partial charge in [-0.15, -0.1) is 0 Å². The Morgan fingerprint density at radius 3 is 2.48 bits per heavy atom. The van der Waals surface area contributed by atoms with Crippen LogP contribution in [0, 0.1) is 11.3 Å². The molecule has 156 valence electrons. The van der Waals surface area contributed by atoms with Gasteiger partial charge in [-0.3, -0.25) is 4.79 Å². The highest BCUT2D eigenvalue weighted by molar-refractivity contribution is 5.97. The molecule has 3 aromatic rings. The third kappa shape index (κ3) is 4.43. The summed E-state index contributed by atoms with van der Waals surface area (Å²) < 4.78 is 11.2. The van der Waals surface area contributed by atoms with Crippen molar-refractivity contribution in [3.8, 4) is 11.8 Å². The molecule has 4 rings (SSSR count). The van der Waals surface area contributed by atoms with Gasteiger partial charge in [0.15, 0.2) is 0 Å². The molecule has 0 unspecified atom stereocenters. The van der Waals surface area contributed by atoms with Gasteiger partial charge in [-0.1, -0.05) is 42.5 Å². The number of piperazine rings is 1. The number of nitriles is 1. The Labute approximate surface area is 180 Å². The Hall–Kier alpha value is -4.05. The van der Waals surface area contributed by atoms with Crippen molar-refractivity contribution >= 4 is 23.9 Å². The van der Waals surface area contributed by atoms with Gasteiger partial charge in [0, 0.05) is 32.3 Å². The van der Waals surface area contributed by atoms with Gasteiger partial charge in [0.2, 0.25) is 17.5 Å². The molecule has 1 saturated heterocycles. The Morgan fingerprint density at radius 1 is 1.06 bits per heavy atom. The molecule has 1 aliphatic rings. The van der Waals surface area contributed by atoms with Crippen molar-refractivity contribution in [3.05, 3.63) is 77.3 Å². The number of aromatic nitrogens is 1. The Kier molecular flexibility index (Phi) is 5.99. The summed E-state index contributed by atoms with van der Waals surface area (Å²) in [5.74, 6) is 1.32. The monoisotopic (exact) mass is 414 g/mol. The first kappa shape index (κ1) is 20.2. The van der Waals surface area contributed by atoms with E-state index in [9.17, 15) is 10.1 Å². The van der Waals surface area contributed by atoms with Gasteiger partial charge < -0.3 is 19.0 Å². The third-order valence-electron chi connectivity index (χ3n) is 5.14. The van der Waals surface area contributed by atoms with Gasteiger partial charge in [0.1, 0.15) is 11.8 Å². The van der Waals surface area contributed by atoms with Gasteiger partial charge in [-0.05, 0) is 23.8 Å². The van der Waals surface area contributed by atoms with Crippen LogP contribution in [0.3, 0.4) is 0 Å². The molecule has 0 radical (unpaired) electrons. The van der Waals surface area contributed by atoms with Gasteiger partial charge in [0.25, 0.3) is 5.91 Å². The van der Waals surface area contributed by atoms with E-state index >= 15 is 0 Å². The number of ether oxygens (including phenoxy) is 1. The molecular formula is C24H22N4O3. The molecule has 0 bridgehead atoms. The minimum absolute atomic E-state index is 0.0679. The summed E-state index contributed by atoms with van der Waals surface area (Å²) in [7, 11) is 1.56. The first-order valence-electron chi connectivity index (χ1n) is 10.0. The quantitative estimate of drug-likeness (QED) is 0.633. The summed E-state index contributed by atoms with van der Waals surface area (Å²) in [5.41, 5.74) is 1.81. The Balaban J connectivity index is 1.45. The second-order valence-corrected chi connectivity index (χ2v) is 7.04. The highest BCUT2D eigenvalue weighted by Crippen LogP contribution is 2.25. The van der Waals surface area contributed by atoms with Crippen molar-refractivity contribution in [2.75, 3.05) is 38.2 Å². The van der Waals surface area contributed by atoms with E-state index in [0.717, 1.165) is 5.56 Å². The number of hydrogen-bond acceptors (Lipinski definition) is 6. The molecule has 0 aliphatic carbocycles. The van der Waals surface area contributed by atoms with E-state index in [1.54, 1.807) is 30.2 Å². The lowest BCUT2D eigenvalue weighted by atomic mass is 10.1. The lowest BCUT2D eigenvalue weighted by Gasteiger charge is -2.34. The fourth-order valence-corrected chi connectivity index (χ4v) is 3.52. The Bertz CT molecular complexity index is 1120. The van der Waals surface area contributed by atoms with Crippen molar-refractivity contribution in [3.63, 3.8) is 0 Å². The first-order chi connectivity index (χ1) is 15.2. The number of anilines is 1. The lowest BCUT2D eigenvalue weighted by molar-refractivity contribution is 0.0742. The molecule has 1 fully saturated rings. The highest BCUT2D eigenvalue weighted by Gasteiger charge is 2.27. The normalized spacial score (nSPS) is 13.9.